The fraction of sp³-hybridized carbons (Fsp3) is 0.630. The normalized spacial score (nSPS) is 22.8. The van der Waals surface area contributed by atoms with Gasteiger partial charge in [-0.25, -0.2) is 15.0 Å². The van der Waals surface area contributed by atoms with Gasteiger partial charge in [0, 0.05) is 71.8 Å². The molecular weight excluding hydrogens is 870 g/mol. The molecule has 1 radical (unpaired) electrons. The van der Waals surface area contributed by atoms with Gasteiger partial charge in [-0.3, -0.25) is 9.69 Å². The molecule has 5 rings (SSSR count). The molecule has 28 heteroatoms. The minimum absolute atomic E-state index is 0. The molecule has 0 unspecified atom stereocenters. The Kier molecular flexibility index (Phi) is 15.4. The van der Waals surface area contributed by atoms with Crippen LogP contribution in [0, 0.1) is 0 Å². The molecule has 5 heterocycles. The molecule has 325 valence electrons. The first-order chi connectivity index (χ1) is 24.0. The summed E-state index contributed by atoms with van der Waals surface area (Å²) in [7, 11) is -15.3. The molecule has 2 aliphatic rings. The van der Waals surface area contributed by atoms with Gasteiger partial charge in [0.25, 0.3) is 0 Å². The Labute approximate surface area is 318 Å². The van der Waals surface area contributed by atoms with Crippen LogP contribution in [-0.2, 0) is 81.6 Å². The van der Waals surface area contributed by atoms with Crippen LogP contribution in [-0.4, -0.2) is 83.0 Å². The van der Waals surface area contributed by atoms with Crippen LogP contribution in [0.5, 0.6) is 0 Å². The summed E-state index contributed by atoms with van der Waals surface area (Å²) >= 11 is 0. The van der Waals surface area contributed by atoms with Gasteiger partial charge in [0.1, 0.15) is 23.6 Å². The van der Waals surface area contributed by atoms with Gasteiger partial charge in [0.2, 0.25) is 0 Å². The van der Waals surface area contributed by atoms with E-state index in [1.165, 1.54) is 6.92 Å². The SMILES string of the molecule is CCOC(C)=O.Cn1ccnc1CN[C@H]1[C@H]2OC(C)(C)O[C@H]2O[C@@H]1CN(Cc1nccn1C)Cc1nccn1C.F[P-](F)(F)(F)(F)F.F[P-](F)(F)(F)(F)F.[Cu+2]. The Morgan fingerprint density at radius 2 is 1.20 bits per heavy atom. The molecule has 4 atom stereocenters. The van der Waals surface area contributed by atoms with E-state index < -0.39 is 27.7 Å². The number of aromatic nitrogens is 6. The summed E-state index contributed by atoms with van der Waals surface area (Å²) in [6.07, 6.45) is 10.6. The number of rotatable bonds is 10. The van der Waals surface area contributed by atoms with Gasteiger partial charge in [0.15, 0.2) is 12.1 Å². The van der Waals surface area contributed by atoms with Gasteiger partial charge >= 0.3 is 89.0 Å². The average Bonchev–Trinajstić information content (AvgIpc) is 3.74. The second-order valence-corrected chi connectivity index (χ2v) is 16.3. The molecule has 1 N–H and O–H groups in total. The van der Waals surface area contributed by atoms with E-state index in [2.05, 4.69) is 29.9 Å². The number of halogens is 12. The van der Waals surface area contributed by atoms with Gasteiger partial charge in [-0.2, -0.15) is 0 Å². The van der Waals surface area contributed by atoms with Gasteiger partial charge < -0.3 is 38.0 Å². The average molecular weight is 912 g/mol. The van der Waals surface area contributed by atoms with Crippen LogP contribution in [0.4, 0.5) is 50.4 Å². The Morgan fingerprint density at radius 3 is 1.53 bits per heavy atom. The number of aryl methyl sites for hydroxylation is 3. The number of fused-ring (bicyclic) bond motifs is 1. The maximum absolute atomic E-state index is 10.7. The number of hydrogen-bond acceptors (Lipinski definition) is 10. The second kappa shape index (κ2) is 16.7. The molecule has 0 bridgehead atoms. The maximum atomic E-state index is 9.87. The Hall–Kier alpha value is -2.56. The van der Waals surface area contributed by atoms with Gasteiger partial charge in [-0.1, -0.05) is 0 Å². The number of carbonyl (C=O) groups is 1. The Balaban J connectivity index is 0.000000594. The molecule has 55 heavy (non-hydrogen) atoms. The van der Waals surface area contributed by atoms with Crippen molar-refractivity contribution in [1.82, 2.24) is 38.9 Å². The summed E-state index contributed by atoms with van der Waals surface area (Å²) in [4.78, 5) is 25.7. The Bertz CT molecular complexity index is 1600. The van der Waals surface area contributed by atoms with E-state index in [4.69, 9.17) is 14.2 Å². The fourth-order valence-corrected chi connectivity index (χ4v) is 4.89. The summed E-state index contributed by atoms with van der Waals surface area (Å²) in [6, 6.07) is -0.0614. The number of nitrogens with one attached hydrogen (secondary N) is 1. The van der Waals surface area contributed by atoms with E-state index in [1.54, 1.807) is 6.92 Å². The zero-order valence-corrected chi connectivity index (χ0v) is 32.9. The van der Waals surface area contributed by atoms with Crippen molar-refractivity contribution in [3.63, 3.8) is 0 Å². The summed E-state index contributed by atoms with van der Waals surface area (Å²) in [6.45, 7) is 10.1. The Morgan fingerprint density at radius 1 is 0.800 bits per heavy atom. The first-order valence-electron chi connectivity index (χ1n) is 15.6. The van der Waals surface area contributed by atoms with Gasteiger partial charge in [-0.05, 0) is 20.8 Å². The molecule has 2 fully saturated rings. The van der Waals surface area contributed by atoms with Crippen molar-refractivity contribution in [3.8, 4) is 0 Å². The number of hydrogen-bond donors (Lipinski definition) is 1. The first-order valence-corrected chi connectivity index (χ1v) is 19.6. The minimum Gasteiger partial charge on any atom is 2.00 e. The van der Waals surface area contributed by atoms with Crippen LogP contribution in [0.1, 0.15) is 45.2 Å². The standard InChI is InChI=1S/C23H34N8O3.C4H8O2.Cu.2F6P/c1-23(2)33-21-20(27-12-17-24-6-9-28(17)3)16(32-22(21)34-23)13-31(14-18-25-7-10-29(18)4)15-19-26-8-11-30(19)5;1-3-6-4(2)5;;2*1-7(2,3,4,5)6/h6-11,16,20-22,27H,12-15H2,1-5H3;3H2,1-2H3;;;/q;;+2;2*-1/t16-,20-,21-,22-;;;;/m1..../s1. The summed E-state index contributed by atoms with van der Waals surface area (Å²) in [5, 5.41) is 3.65. The summed E-state index contributed by atoms with van der Waals surface area (Å²) in [5.41, 5.74) is 0. The van der Waals surface area contributed by atoms with Crippen molar-refractivity contribution in [1.29, 1.82) is 0 Å². The van der Waals surface area contributed by atoms with E-state index in [0.717, 1.165) is 17.5 Å². The summed E-state index contributed by atoms with van der Waals surface area (Å²) < 4.78 is 148. The summed E-state index contributed by atoms with van der Waals surface area (Å²) in [5.74, 6) is 2.04. The number of carbonyl (C=O) groups excluding carboxylic acids is 1. The molecule has 2 aliphatic heterocycles. The zero-order chi connectivity index (χ0) is 41.7. The third kappa shape index (κ3) is 23.3. The van der Waals surface area contributed by atoms with Crippen LogP contribution in [0.25, 0.3) is 0 Å². The monoisotopic (exact) mass is 911 g/mol. The van der Waals surface area contributed by atoms with Crippen LogP contribution in [0.2, 0.25) is 0 Å². The van der Waals surface area contributed by atoms with Gasteiger partial charge in [-0.15, -0.1) is 0 Å². The zero-order valence-electron chi connectivity index (χ0n) is 30.2. The number of imidazole rings is 3. The molecule has 3 aromatic rings. The molecule has 13 nitrogen and oxygen atoms in total. The second-order valence-electron chi connectivity index (χ2n) is 12.4. The molecule has 0 aromatic carbocycles. The van der Waals surface area contributed by atoms with E-state index in [1.807, 2.05) is 85.9 Å². The third-order valence-corrected chi connectivity index (χ3v) is 6.93. The number of esters is 1. The van der Waals surface area contributed by atoms with Crippen molar-refractivity contribution in [3.05, 3.63) is 54.7 Å². The first kappa shape index (κ1) is 50.5. The molecule has 0 aliphatic carbocycles. The molecule has 0 spiro atoms. The van der Waals surface area contributed by atoms with Crippen LogP contribution < -0.4 is 5.32 Å². The van der Waals surface area contributed by atoms with Crippen molar-refractivity contribution < 1.29 is 91.2 Å². The smallest absolute Gasteiger partial charge is 2.00 e. The van der Waals surface area contributed by atoms with Crippen LogP contribution >= 0.6 is 15.6 Å². The van der Waals surface area contributed by atoms with E-state index >= 15 is 0 Å². The number of ether oxygens (including phenoxy) is 4. The van der Waals surface area contributed by atoms with Crippen LogP contribution in [0.15, 0.2) is 37.2 Å². The molecule has 0 saturated carbocycles. The number of nitrogens with zero attached hydrogens (tertiary/aromatic N) is 7. The fourth-order valence-electron chi connectivity index (χ4n) is 4.89. The van der Waals surface area contributed by atoms with Crippen LogP contribution in [0.3, 0.4) is 0 Å². The predicted octanol–water partition coefficient (Wildman–Crippen LogP) is 8.26. The van der Waals surface area contributed by atoms with E-state index in [9.17, 15) is 55.2 Å². The minimum atomic E-state index is -10.7. The molecular formula is C27H42CuF12N8O5P2. The van der Waals surface area contributed by atoms with Crippen molar-refractivity contribution >= 4 is 21.6 Å². The predicted molar refractivity (Wildman–Crippen MR) is 173 cm³/mol. The maximum Gasteiger partial charge on any atom is 2.00 e. The quantitative estimate of drug-likeness (QED) is 0.0922. The topological polar surface area (TPSA) is 123 Å². The molecule has 3 aromatic heterocycles. The van der Waals surface area contributed by atoms with Gasteiger partial charge in [0.05, 0.1) is 38.4 Å². The van der Waals surface area contributed by atoms with E-state index in [-0.39, 0.29) is 41.3 Å². The van der Waals surface area contributed by atoms with Crippen molar-refractivity contribution in [2.45, 2.75) is 77.7 Å². The van der Waals surface area contributed by atoms with E-state index in [0.29, 0.717) is 32.8 Å². The largest absolute Gasteiger partial charge is 2.00 e. The van der Waals surface area contributed by atoms with Crippen molar-refractivity contribution in [2.75, 3.05) is 13.2 Å². The third-order valence-electron chi connectivity index (χ3n) is 6.93. The van der Waals surface area contributed by atoms with Crippen molar-refractivity contribution in [2.24, 2.45) is 21.1 Å². The molecule has 0 amide bonds. The molecule has 2 saturated heterocycles.